The van der Waals surface area contributed by atoms with Crippen LogP contribution in [0.4, 0.5) is 0 Å². The first-order valence-corrected chi connectivity index (χ1v) is 9.54. The second kappa shape index (κ2) is 8.72. The van der Waals surface area contributed by atoms with Crippen molar-refractivity contribution in [3.8, 4) is 11.5 Å². The van der Waals surface area contributed by atoms with Crippen LogP contribution >= 0.6 is 0 Å². The summed E-state index contributed by atoms with van der Waals surface area (Å²) in [5, 5.41) is 0. The van der Waals surface area contributed by atoms with Gasteiger partial charge in [-0.1, -0.05) is 6.07 Å². The van der Waals surface area contributed by atoms with E-state index in [0.29, 0.717) is 18.7 Å². The number of furan rings is 1. The van der Waals surface area contributed by atoms with Crippen molar-refractivity contribution in [2.75, 3.05) is 33.6 Å². The first-order chi connectivity index (χ1) is 12.3. The van der Waals surface area contributed by atoms with Crippen molar-refractivity contribution in [1.29, 1.82) is 0 Å². The monoisotopic (exact) mass is 383 g/mol. The Morgan fingerprint density at radius 1 is 1.19 bits per heavy atom. The van der Waals surface area contributed by atoms with E-state index >= 15 is 0 Å². The number of hydrogen-bond donors (Lipinski definition) is 0. The third-order valence-electron chi connectivity index (χ3n) is 3.43. The lowest BCUT2D eigenvalue weighted by Gasteiger charge is -2.22. The van der Waals surface area contributed by atoms with Gasteiger partial charge in [0.2, 0.25) is 0 Å². The van der Waals surface area contributed by atoms with E-state index in [2.05, 4.69) is 0 Å². The molecule has 0 spiro atoms. The molecule has 0 aliphatic rings. The maximum atomic E-state index is 12.6. The number of amides is 1. The Hall–Kier alpha value is -2.52. The van der Waals surface area contributed by atoms with Crippen molar-refractivity contribution in [3.63, 3.8) is 0 Å². The predicted molar refractivity (Wildman–Crippen MR) is 93.8 cm³/mol. The molecule has 1 aromatic heterocycles. The molecular weight excluding hydrogens is 362 g/mol. The van der Waals surface area contributed by atoms with E-state index in [1.165, 1.54) is 24.3 Å². The van der Waals surface area contributed by atoms with Gasteiger partial charge in [-0.3, -0.25) is 4.79 Å². The number of nitrogens with zero attached hydrogens (tertiary/aromatic N) is 1. The fraction of sp³-hybridized carbons (Fsp3) is 0.353. The Bertz CT molecular complexity index is 831. The van der Waals surface area contributed by atoms with Crippen molar-refractivity contribution in [1.82, 2.24) is 4.90 Å². The van der Waals surface area contributed by atoms with Gasteiger partial charge in [-0.15, -0.1) is 0 Å². The van der Waals surface area contributed by atoms with Crippen molar-refractivity contribution >= 4 is 16.0 Å². The molecule has 2 aromatic rings. The van der Waals surface area contributed by atoms with E-state index in [4.69, 9.17) is 18.1 Å². The molecule has 8 nitrogen and oxygen atoms in total. The second-order valence-electron chi connectivity index (χ2n) is 5.47. The summed E-state index contributed by atoms with van der Waals surface area (Å²) in [6.45, 7) is 0.895. The Morgan fingerprint density at radius 2 is 1.96 bits per heavy atom. The van der Waals surface area contributed by atoms with Crippen molar-refractivity contribution in [3.05, 3.63) is 47.9 Å². The summed E-state index contributed by atoms with van der Waals surface area (Å²) in [5.74, 6) is 0.250. The van der Waals surface area contributed by atoms with Crippen LogP contribution in [-0.4, -0.2) is 52.9 Å². The molecule has 1 aromatic carbocycles. The zero-order valence-corrected chi connectivity index (χ0v) is 15.6. The maximum absolute atomic E-state index is 12.6. The van der Waals surface area contributed by atoms with Crippen LogP contribution in [0, 0.1) is 0 Å². The standard InChI is InChI=1S/C17H21NO7S/c1-22-10-8-18(17(19)15-5-4-9-24-15)12-13-6-7-14(23-2)16(11-13)25-26(3,20)21/h4-7,9,11H,8,10,12H2,1-3H3. The molecule has 2 rings (SSSR count). The normalized spacial score (nSPS) is 11.2. The number of hydrogen-bond acceptors (Lipinski definition) is 7. The summed E-state index contributed by atoms with van der Waals surface area (Å²) < 4.78 is 43.2. The van der Waals surface area contributed by atoms with Crippen LogP contribution in [0.5, 0.6) is 11.5 Å². The van der Waals surface area contributed by atoms with Crippen LogP contribution in [0.25, 0.3) is 0 Å². The van der Waals surface area contributed by atoms with Crippen molar-refractivity contribution < 1.29 is 31.3 Å². The minimum absolute atomic E-state index is 0.0599. The molecule has 26 heavy (non-hydrogen) atoms. The SMILES string of the molecule is COCCN(Cc1ccc(OC)c(OS(C)(=O)=O)c1)C(=O)c1ccco1. The molecule has 9 heteroatoms. The lowest BCUT2D eigenvalue weighted by molar-refractivity contribution is 0.0649. The van der Waals surface area contributed by atoms with E-state index in [0.717, 1.165) is 6.26 Å². The predicted octanol–water partition coefficient (Wildman–Crippen LogP) is 1.92. The lowest BCUT2D eigenvalue weighted by atomic mass is 10.2. The van der Waals surface area contributed by atoms with Crippen LogP contribution in [0.3, 0.4) is 0 Å². The molecule has 0 bridgehead atoms. The molecule has 0 atom stereocenters. The summed E-state index contributed by atoms with van der Waals surface area (Å²) in [4.78, 5) is 14.1. The van der Waals surface area contributed by atoms with E-state index in [1.54, 1.807) is 31.4 Å². The van der Waals surface area contributed by atoms with Gasteiger partial charge >= 0.3 is 10.1 Å². The molecule has 0 N–H and O–H groups in total. The summed E-state index contributed by atoms with van der Waals surface area (Å²) in [6, 6.07) is 8.04. The Balaban J connectivity index is 2.26. The van der Waals surface area contributed by atoms with Gasteiger partial charge in [-0.2, -0.15) is 8.42 Å². The Morgan fingerprint density at radius 3 is 2.54 bits per heavy atom. The summed E-state index contributed by atoms with van der Waals surface area (Å²) >= 11 is 0. The molecule has 0 fully saturated rings. The quantitative estimate of drug-likeness (QED) is 0.611. The second-order valence-corrected chi connectivity index (χ2v) is 7.04. The Kier molecular flexibility index (Phi) is 6.64. The third-order valence-corrected chi connectivity index (χ3v) is 3.91. The summed E-state index contributed by atoms with van der Waals surface area (Å²) in [5.41, 5.74) is 0.667. The number of benzene rings is 1. The molecule has 0 saturated carbocycles. The highest BCUT2D eigenvalue weighted by molar-refractivity contribution is 7.86. The third kappa shape index (κ3) is 5.50. The molecule has 0 radical (unpaired) electrons. The minimum atomic E-state index is -3.72. The van der Waals surface area contributed by atoms with Crippen LogP contribution in [0.15, 0.2) is 41.0 Å². The first-order valence-electron chi connectivity index (χ1n) is 7.72. The number of ether oxygens (including phenoxy) is 2. The van der Waals surface area contributed by atoms with Crippen LogP contribution < -0.4 is 8.92 Å². The molecule has 0 unspecified atom stereocenters. The maximum Gasteiger partial charge on any atom is 0.306 e. The lowest BCUT2D eigenvalue weighted by Crippen LogP contribution is -2.33. The van der Waals surface area contributed by atoms with Crippen LogP contribution in [-0.2, 0) is 21.4 Å². The molecule has 0 aliphatic heterocycles. The number of rotatable bonds is 9. The molecular formula is C17H21NO7S. The average Bonchev–Trinajstić information content (AvgIpc) is 3.11. The van der Waals surface area contributed by atoms with Gasteiger partial charge < -0.3 is 23.0 Å². The van der Waals surface area contributed by atoms with E-state index in [-0.39, 0.29) is 29.7 Å². The summed E-state index contributed by atoms with van der Waals surface area (Å²) in [6.07, 6.45) is 2.37. The Labute approximate surface area is 152 Å². The van der Waals surface area contributed by atoms with Crippen LogP contribution in [0.1, 0.15) is 16.1 Å². The fourth-order valence-corrected chi connectivity index (χ4v) is 2.73. The number of carbonyl (C=O) groups excluding carboxylic acids is 1. The van der Waals surface area contributed by atoms with Crippen molar-refractivity contribution in [2.45, 2.75) is 6.54 Å². The minimum Gasteiger partial charge on any atom is -0.493 e. The summed E-state index contributed by atoms with van der Waals surface area (Å²) in [7, 11) is -0.762. The van der Waals surface area contributed by atoms with E-state index in [9.17, 15) is 13.2 Å². The number of carbonyl (C=O) groups is 1. The molecule has 142 valence electrons. The highest BCUT2D eigenvalue weighted by atomic mass is 32.2. The van der Waals surface area contributed by atoms with Gasteiger partial charge in [0, 0.05) is 20.2 Å². The van der Waals surface area contributed by atoms with Gasteiger partial charge in [0.05, 0.1) is 26.2 Å². The molecule has 0 aliphatic carbocycles. The van der Waals surface area contributed by atoms with E-state index in [1.807, 2.05) is 0 Å². The largest absolute Gasteiger partial charge is 0.493 e. The van der Waals surface area contributed by atoms with Gasteiger partial charge in [0.15, 0.2) is 17.3 Å². The molecule has 1 amide bonds. The average molecular weight is 383 g/mol. The highest BCUT2D eigenvalue weighted by Gasteiger charge is 2.20. The molecule has 0 saturated heterocycles. The topological polar surface area (TPSA) is 95.3 Å². The van der Waals surface area contributed by atoms with Crippen molar-refractivity contribution in [2.24, 2.45) is 0 Å². The fourth-order valence-electron chi connectivity index (χ4n) is 2.28. The zero-order valence-electron chi connectivity index (χ0n) is 14.8. The van der Waals surface area contributed by atoms with E-state index < -0.39 is 10.1 Å². The number of methoxy groups -OCH3 is 2. The smallest absolute Gasteiger partial charge is 0.306 e. The van der Waals surface area contributed by atoms with Crippen LogP contribution in [0.2, 0.25) is 0 Å². The first kappa shape index (κ1) is 19.8. The molecule has 1 heterocycles. The van der Waals surface area contributed by atoms with Gasteiger partial charge in [-0.05, 0) is 29.8 Å². The van der Waals surface area contributed by atoms with Gasteiger partial charge in [0.25, 0.3) is 5.91 Å². The van der Waals surface area contributed by atoms with Gasteiger partial charge in [-0.25, -0.2) is 0 Å². The highest BCUT2D eigenvalue weighted by Crippen LogP contribution is 2.29. The van der Waals surface area contributed by atoms with Gasteiger partial charge in [0.1, 0.15) is 0 Å². The zero-order chi connectivity index (χ0) is 19.2.